The van der Waals surface area contributed by atoms with Crippen LogP contribution in [0.2, 0.25) is 5.02 Å². The number of aromatic nitrogens is 1. The monoisotopic (exact) mass is 298 g/mol. The lowest BCUT2D eigenvalue weighted by Crippen LogP contribution is -2.13. The minimum atomic E-state index is -0.289. The first-order valence-electron chi connectivity index (χ1n) is 6.62. The van der Waals surface area contributed by atoms with Crippen LogP contribution in [-0.2, 0) is 0 Å². The van der Waals surface area contributed by atoms with Crippen LogP contribution in [-0.4, -0.2) is 12.1 Å². The molecule has 0 saturated heterocycles. The Bertz CT molecular complexity index is 783. The highest BCUT2D eigenvalue weighted by Gasteiger charge is 2.16. The Kier molecular flexibility index (Phi) is 3.78. The molecule has 3 aromatic rings. The molecule has 4 heteroatoms. The highest BCUT2D eigenvalue weighted by Crippen LogP contribution is 2.33. The predicted octanol–water partition coefficient (Wildman–Crippen LogP) is 3.94. The lowest BCUT2D eigenvalue weighted by atomic mass is 9.94. The number of nitrogens with two attached hydrogens (primary N) is 1. The molecule has 2 aromatic carbocycles. The summed E-state index contributed by atoms with van der Waals surface area (Å²) in [5.41, 5.74) is 8.41. The molecule has 1 heterocycles. The summed E-state index contributed by atoms with van der Waals surface area (Å²) < 4.78 is 5.40. The molecule has 21 heavy (non-hydrogen) atoms. The number of methoxy groups -OCH3 is 1. The molecule has 0 bridgehead atoms. The molecular formula is C17H15ClN2O. The van der Waals surface area contributed by atoms with Crippen molar-refractivity contribution in [2.75, 3.05) is 7.11 Å². The van der Waals surface area contributed by atoms with Gasteiger partial charge in [0.05, 0.1) is 13.2 Å². The van der Waals surface area contributed by atoms with Crippen LogP contribution in [0.15, 0.2) is 54.9 Å². The zero-order chi connectivity index (χ0) is 14.8. The summed E-state index contributed by atoms with van der Waals surface area (Å²) >= 11 is 6.01. The van der Waals surface area contributed by atoms with Gasteiger partial charge in [-0.1, -0.05) is 35.9 Å². The van der Waals surface area contributed by atoms with Crippen LogP contribution in [0.25, 0.3) is 10.8 Å². The van der Waals surface area contributed by atoms with Crippen molar-refractivity contribution in [2.45, 2.75) is 6.04 Å². The van der Waals surface area contributed by atoms with E-state index in [0.717, 1.165) is 21.9 Å². The molecule has 1 aromatic heterocycles. The molecule has 106 valence electrons. The fraction of sp³-hybridized carbons (Fsp3) is 0.118. The summed E-state index contributed by atoms with van der Waals surface area (Å²) in [6, 6.07) is 13.2. The minimum Gasteiger partial charge on any atom is -0.496 e. The Hall–Kier alpha value is -2.10. The summed E-state index contributed by atoms with van der Waals surface area (Å²) in [5.74, 6) is 0.695. The number of hydrogen-bond acceptors (Lipinski definition) is 3. The number of rotatable bonds is 3. The first kappa shape index (κ1) is 13.9. The first-order chi connectivity index (χ1) is 10.2. The molecular weight excluding hydrogens is 284 g/mol. The van der Waals surface area contributed by atoms with Crippen LogP contribution in [0.4, 0.5) is 0 Å². The first-order valence-corrected chi connectivity index (χ1v) is 7.00. The zero-order valence-electron chi connectivity index (χ0n) is 11.6. The molecule has 0 amide bonds. The number of benzene rings is 2. The second kappa shape index (κ2) is 5.72. The van der Waals surface area contributed by atoms with Crippen molar-refractivity contribution in [1.29, 1.82) is 0 Å². The largest absolute Gasteiger partial charge is 0.496 e. The van der Waals surface area contributed by atoms with E-state index >= 15 is 0 Å². The van der Waals surface area contributed by atoms with Gasteiger partial charge >= 0.3 is 0 Å². The second-order valence-corrected chi connectivity index (χ2v) is 5.24. The quantitative estimate of drug-likeness (QED) is 0.796. The number of nitrogens with zero attached hydrogens (tertiary/aromatic N) is 1. The van der Waals surface area contributed by atoms with Crippen molar-refractivity contribution < 1.29 is 4.74 Å². The number of halogens is 1. The van der Waals surface area contributed by atoms with Gasteiger partial charge in [-0.25, -0.2) is 0 Å². The molecule has 1 atom stereocenters. The molecule has 3 rings (SSSR count). The van der Waals surface area contributed by atoms with Gasteiger partial charge in [-0.15, -0.1) is 0 Å². The maximum atomic E-state index is 6.47. The van der Waals surface area contributed by atoms with Gasteiger partial charge in [0.2, 0.25) is 0 Å². The molecule has 0 spiro atoms. The van der Waals surface area contributed by atoms with Crippen LogP contribution < -0.4 is 10.5 Å². The molecule has 0 aliphatic rings. The van der Waals surface area contributed by atoms with Crippen LogP contribution in [0.3, 0.4) is 0 Å². The van der Waals surface area contributed by atoms with E-state index in [0.29, 0.717) is 10.8 Å². The summed E-state index contributed by atoms with van der Waals surface area (Å²) in [7, 11) is 1.62. The number of hydrogen-bond donors (Lipinski definition) is 1. The van der Waals surface area contributed by atoms with Crippen molar-refractivity contribution in [3.8, 4) is 5.75 Å². The second-order valence-electron chi connectivity index (χ2n) is 4.81. The molecule has 0 aliphatic carbocycles. The van der Waals surface area contributed by atoms with E-state index in [2.05, 4.69) is 4.98 Å². The third kappa shape index (κ3) is 2.58. The fourth-order valence-electron chi connectivity index (χ4n) is 2.53. The Morgan fingerprint density at radius 2 is 2.00 bits per heavy atom. The molecule has 0 saturated carbocycles. The smallest absolute Gasteiger partial charge is 0.125 e. The third-order valence-electron chi connectivity index (χ3n) is 3.58. The van der Waals surface area contributed by atoms with Crippen LogP contribution in [0, 0.1) is 0 Å². The van der Waals surface area contributed by atoms with Crippen molar-refractivity contribution in [3.63, 3.8) is 0 Å². The SMILES string of the molecule is COc1cc(Cl)ccc1C(N)c1cccc2cnccc12. The fourth-order valence-corrected chi connectivity index (χ4v) is 2.69. The van der Waals surface area contributed by atoms with Gasteiger partial charge in [0.15, 0.2) is 0 Å². The van der Waals surface area contributed by atoms with E-state index in [4.69, 9.17) is 22.1 Å². The van der Waals surface area contributed by atoms with E-state index < -0.39 is 0 Å². The Morgan fingerprint density at radius 3 is 2.81 bits per heavy atom. The Morgan fingerprint density at radius 1 is 1.14 bits per heavy atom. The van der Waals surface area contributed by atoms with E-state index in [1.807, 2.05) is 42.6 Å². The summed E-state index contributed by atoms with van der Waals surface area (Å²) in [6.45, 7) is 0. The Labute approximate surface area is 128 Å². The lowest BCUT2D eigenvalue weighted by Gasteiger charge is -2.18. The number of ether oxygens (including phenoxy) is 1. The summed E-state index contributed by atoms with van der Waals surface area (Å²) in [4.78, 5) is 4.15. The minimum absolute atomic E-state index is 0.289. The van der Waals surface area contributed by atoms with E-state index in [1.54, 1.807) is 19.4 Å². The third-order valence-corrected chi connectivity index (χ3v) is 3.82. The van der Waals surface area contributed by atoms with Gasteiger partial charge in [0.25, 0.3) is 0 Å². The lowest BCUT2D eigenvalue weighted by molar-refractivity contribution is 0.408. The van der Waals surface area contributed by atoms with Crippen molar-refractivity contribution in [2.24, 2.45) is 5.73 Å². The van der Waals surface area contributed by atoms with Crippen LogP contribution >= 0.6 is 11.6 Å². The van der Waals surface area contributed by atoms with Gasteiger partial charge in [0.1, 0.15) is 5.75 Å². The van der Waals surface area contributed by atoms with Crippen LogP contribution in [0.1, 0.15) is 17.2 Å². The highest BCUT2D eigenvalue weighted by atomic mass is 35.5. The van der Waals surface area contributed by atoms with Gasteiger partial charge in [-0.2, -0.15) is 0 Å². The number of pyridine rings is 1. The predicted molar refractivity (Wildman–Crippen MR) is 85.8 cm³/mol. The van der Waals surface area contributed by atoms with E-state index in [9.17, 15) is 0 Å². The average Bonchev–Trinajstić information content (AvgIpc) is 2.53. The molecule has 1 unspecified atom stereocenters. The van der Waals surface area contributed by atoms with Crippen molar-refractivity contribution in [3.05, 3.63) is 71.0 Å². The summed E-state index contributed by atoms with van der Waals surface area (Å²) in [6.07, 6.45) is 3.61. The van der Waals surface area contributed by atoms with Crippen LogP contribution in [0.5, 0.6) is 5.75 Å². The standard InChI is InChI=1S/C17H15ClN2O/c1-21-16-9-12(18)5-6-15(16)17(19)14-4-2-3-11-10-20-8-7-13(11)14/h2-10,17H,19H2,1H3. The molecule has 0 radical (unpaired) electrons. The number of fused-ring (bicyclic) bond motifs is 1. The molecule has 0 fully saturated rings. The molecule has 0 aliphatic heterocycles. The van der Waals surface area contributed by atoms with E-state index in [1.165, 1.54) is 0 Å². The van der Waals surface area contributed by atoms with E-state index in [-0.39, 0.29) is 6.04 Å². The Balaban J connectivity index is 2.15. The normalized spacial score (nSPS) is 12.3. The summed E-state index contributed by atoms with van der Waals surface area (Å²) in [5, 5.41) is 2.79. The van der Waals surface area contributed by atoms with Crippen molar-refractivity contribution >= 4 is 22.4 Å². The van der Waals surface area contributed by atoms with Gasteiger partial charge in [-0.05, 0) is 29.1 Å². The van der Waals surface area contributed by atoms with Gasteiger partial charge < -0.3 is 10.5 Å². The average molecular weight is 299 g/mol. The van der Waals surface area contributed by atoms with Crippen molar-refractivity contribution in [1.82, 2.24) is 4.98 Å². The highest BCUT2D eigenvalue weighted by molar-refractivity contribution is 6.30. The zero-order valence-corrected chi connectivity index (χ0v) is 12.3. The molecule has 3 nitrogen and oxygen atoms in total. The maximum absolute atomic E-state index is 6.47. The van der Waals surface area contributed by atoms with Gasteiger partial charge in [0, 0.05) is 28.4 Å². The van der Waals surface area contributed by atoms with Gasteiger partial charge in [-0.3, -0.25) is 4.98 Å². The maximum Gasteiger partial charge on any atom is 0.125 e. The molecule has 2 N–H and O–H groups in total. The topological polar surface area (TPSA) is 48.1 Å².